The van der Waals surface area contributed by atoms with Crippen LogP contribution in [0.15, 0.2) is 12.1 Å². The highest BCUT2D eigenvalue weighted by molar-refractivity contribution is 7.80. The second kappa shape index (κ2) is 11.7. The Balaban J connectivity index is 1.38. The molecule has 3 aliphatic rings. The molecule has 0 unspecified atom stereocenters. The summed E-state index contributed by atoms with van der Waals surface area (Å²) in [6.45, 7) is 3.36. The molecule has 2 atom stereocenters. The second-order valence-electron chi connectivity index (χ2n) is 9.55. The number of nitrogens with one attached hydrogen (secondary N) is 1. The van der Waals surface area contributed by atoms with Crippen molar-refractivity contribution in [3.8, 4) is 0 Å². The molecule has 1 aromatic carbocycles. The topological polar surface area (TPSA) is 77.6 Å². The number of amides is 2. The van der Waals surface area contributed by atoms with Gasteiger partial charge in [0.25, 0.3) is 0 Å². The smallest absolute Gasteiger partial charge is 0.414 e. The number of likely N-dealkylation sites (tertiary alicyclic amines) is 1. The molecule has 0 radical (unpaired) electrons. The van der Waals surface area contributed by atoms with Crippen molar-refractivity contribution in [2.45, 2.75) is 31.8 Å². The van der Waals surface area contributed by atoms with E-state index in [1.165, 1.54) is 12.0 Å². The van der Waals surface area contributed by atoms with E-state index in [0.29, 0.717) is 49.9 Å². The van der Waals surface area contributed by atoms with Gasteiger partial charge in [-0.1, -0.05) is 0 Å². The number of methoxy groups -OCH3 is 1. The van der Waals surface area contributed by atoms with Crippen LogP contribution < -0.4 is 15.2 Å². The van der Waals surface area contributed by atoms with Crippen LogP contribution in [0.2, 0.25) is 0 Å². The number of benzene rings is 1. The first-order valence-electron chi connectivity index (χ1n) is 12.3. The van der Waals surface area contributed by atoms with Gasteiger partial charge in [-0.25, -0.2) is 19.0 Å². The Bertz CT molecular complexity index is 976. The Morgan fingerprint density at radius 2 is 1.94 bits per heavy atom. The molecule has 0 spiro atoms. The van der Waals surface area contributed by atoms with E-state index in [1.54, 1.807) is 9.91 Å². The fraction of sp³-hybridized carbons (Fsp3) is 0.625. The summed E-state index contributed by atoms with van der Waals surface area (Å²) < 4.78 is 40.6. The van der Waals surface area contributed by atoms with Gasteiger partial charge < -0.3 is 19.3 Å². The summed E-state index contributed by atoms with van der Waals surface area (Å²) in [5.74, 6) is -1.20. The van der Waals surface area contributed by atoms with Crippen molar-refractivity contribution in [3.05, 3.63) is 23.8 Å². The summed E-state index contributed by atoms with van der Waals surface area (Å²) in [7, 11) is 3.53. The van der Waals surface area contributed by atoms with E-state index in [2.05, 4.69) is 10.3 Å². The molecule has 1 aromatic rings. The van der Waals surface area contributed by atoms with Crippen LogP contribution in [-0.4, -0.2) is 93.0 Å². The summed E-state index contributed by atoms with van der Waals surface area (Å²) in [6.07, 6.45) is 1.26. The zero-order valence-electron chi connectivity index (χ0n) is 20.7. The zero-order chi connectivity index (χ0) is 25.8. The van der Waals surface area contributed by atoms with Crippen molar-refractivity contribution in [1.29, 1.82) is 0 Å². The molecular formula is C24H33F2N5O4S. The van der Waals surface area contributed by atoms with Gasteiger partial charge in [-0.2, -0.15) is 0 Å². The third kappa shape index (κ3) is 6.22. The Hall–Kier alpha value is -2.57. The number of cyclic esters (lactones) is 1. The summed E-state index contributed by atoms with van der Waals surface area (Å²) >= 11 is 5.01. The number of thiocarbonyl (C=S) groups is 1. The Kier molecular flexibility index (Phi) is 8.58. The van der Waals surface area contributed by atoms with Crippen molar-refractivity contribution >= 4 is 40.6 Å². The summed E-state index contributed by atoms with van der Waals surface area (Å²) in [4.78, 5) is 30.1. The molecule has 0 saturated carbocycles. The highest BCUT2D eigenvalue weighted by Gasteiger charge is 2.34. The fourth-order valence-electron chi connectivity index (χ4n) is 4.99. The molecule has 2 amide bonds. The first kappa shape index (κ1) is 26.5. The maximum Gasteiger partial charge on any atom is 0.414 e. The quantitative estimate of drug-likeness (QED) is 0.545. The number of anilines is 2. The van der Waals surface area contributed by atoms with E-state index in [9.17, 15) is 9.59 Å². The number of carbonyl (C=O) groups excluding carboxylic acids is 2. The number of rotatable bonds is 7. The molecule has 36 heavy (non-hydrogen) atoms. The molecule has 4 rings (SSSR count). The zero-order valence-corrected chi connectivity index (χ0v) is 21.5. The molecule has 0 bridgehead atoms. The Morgan fingerprint density at radius 1 is 1.19 bits per heavy atom. The maximum absolute atomic E-state index is 15.2. The lowest BCUT2D eigenvalue weighted by molar-refractivity contribution is -0.134. The van der Waals surface area contributed by atoms with E-state index < -0.39 is 23.8 Å². The molecule has 0 aromatic heterocycles. The highest BCUT2D eigenvalue weighted by atomic mass is 32.1. The first-order chi connectivity index (χ1) is 17.2. The van der Waals surface area contributed by atoms with Crippen molar-refractivity contribution in [2.75, 3.05) is 69.8 Å². The molecule has 198 valence electrons. The van der Waals surface area contributed by atoms with Crippen molar-refractivity contribution < 1.29 is 27.8 Å². The molecule has 3 heterocycles. The van der Waals surface area contributed by atoms with Crippen LogP contribution >= 0.6 is 12.2 Å². The number of hydrazine groups is 1. The Morgan fingerprint density at radius 3 is 2.61 bits per heavy atom. The minimum absolute atomic E-state index is 0.00167. The van der Waals surface area contributed by atoms with E-state index in [4.69, 9.17) is 21.7 Å². The predicted molar refractivity (Wildman–Crippen MR) is 135 cm³/mol. The average molecular weight is 526 g/mol. The maximum atomic E-state index is 15.2. The van der Waals surface area contributed by atoms with Crippen LogP contribution in [0.25, 0.3) is 0 Å². The predicted octanol–water partition coefficient (Wildman–Crippen LogP) is 2.54. The number of ether oxygens (including phenoxy) is 2. The number of halogens is 2. The second-order valence-corrected chi connectivity index (χ2v) is 10.0. The van der Waals surface area contributed by atoms with Crippen molar-refractivity contribution in [2.24, 2.45) is 5.92 Å². The summed E-state index contributed by atoms with van der Waals surface area (Å²) in [5.41, 5.74) is 3.03. The van der Waals surface area contributed by atoms with E-state index in [-0.39, 0.29) is 30.4 Å². The monoisotopic (exact) mass is 525 g/mol. The van der Waals surface area contributed by atoms with Gasteiger partial charge in [0.05, 0.1) is 25.9 Å². The van der Waals surface area contributed by atoms with Crippen LogP contribution in [0.1, 0.15) is 25.7 Å². The largest absolute Gasteiger partial charge is 0.490 e. The van der Waals surface area contributed by atoms with Gasteiger partial charge in [0.2, 0.25) is 5.91 Å². The molecule has 12 heteroatoms. The first-order valence-corrected chi connectivity index (χ1v) is 12.7. The van der Waals surface area contributed by atoms with Gasteiger partial charge >= 0.3 is 6.09 Å². The fourth-order valence-corrected chi connectivity index (χ4v) is 5.11. The molecule has 0 aliphatic carbocycles. The van der Waals surface area contributed by atoms with Crippen LogP contribution in [-0.2, 0) is 14.3 Å². The normalized spacial score (nSPS) is 23.1. The molecule has 3 aliphatic heterocycles. The van der Waals surface area contributed by atoms with Crippen LogP contribution in [0.3, 0.4) is 0 Å². The molecule has 1 N–H and O–H groups in total. The molecular weight excluding hydrogens is 492 g/mol. The van der Waals surface area contributed by atoms with E-state index in [0.717, 1.165) is 31.6 Å². The molecule has 9 nitrogen and oxygen atoms in total. The minimum atomic E-state index is -0.768. The van der Waals surface area contributed by atoms with Gasteiger partial charge in [0.1, 0.15) is 11.8 Å². The summed E-state index contributed by atoms with van der Waals surface area (Å²) in [6, 6.07) is 2.30. The Labute approximate surface area is 215 Å². The molecule has 3 fully saturated rings. The van der Waals surface area contributed by atoms with Gasteiger partial charge in [-0.15, -0.1) is 0 Å². The lowest BCUT2D eigenvalue weighted by atomic mass is 10.0. The van der Waals surface area contributed by atoms with Gasteiger partial charge in [-0.3, -0.25) is 14.7 Å². The van der Waals surface area contributed by atoms with Crippen molar-refractivity contribution in [3.63, 3.8) is 0 Å². The summed E-state index contributed by atoms with van der Waals surface area (Å²) in [5, 5.41) is 1.97. The average Bonchev–Trinajstić information content (AvgIpc) is 3.33. The molecule has 3 saturated heterocycles. The lowest BCUT2D eigenvalue weighted by Gasteiger charge is -2.25. The number of hydrogen-bond donors (Lipinski definition) is 1. The van der Waals surface area contributed by atoms with Crippen LogP contribution in [0.4, 0.5) is 25.0 Å². The van der Waals surface area contributed by atoms with Crippen LogP contribution in [0, 0.1) is 17.6 Å². The minimum Gasteiger partial charge on any atom is -0.490 e. The van der Waals surface area contributed by atoms with Crippen LogP contribution in [0.5, 0.6) is 0 Å². The van der Waals surface area contributed by atoms with Gasteiger partial charge in [0, 0.05) is 51.2 Å². The number of hydrogen-bond acceptors (Lipinski definition) is 8. The van der Waals surface area contributed by atoms with Gasteiger partial charge in [-0.05, 0) is 44.6 Å². The van der Waals surface area contributed by atoms with E-state index >= 15 is 8.78 Å². The lowest BCUT2D eigenvalue weighted by Crippen LogP contribution is -2.44. The van der Waals surface area contributed by atoms with E-state index in [1.807, 2.05) is 7.05 Å². The highest BCUT2D eigenvalue weighted by Crippen LogP contribution is 2.32. The third-order valence-corrected chi connectivity index (χ3v) is 7.30. The third-order valence-electron chi connectivity index (χ3n) is 6.93. The SMILES string of the molecule is COC(=S)CC[C@H]1CN(c2cc(F)c(N3CCNN(C(=O)C[C@@H]4CCN(C)C4)CC3)c(F)c2)C(=O)O1. The number of carbonyl (C=O) groups is 2. The number of nitrogens with zero attached hydrogens (tertiary/aromatic N) is 4. The van der Waals surface area contributed by atoms with Gasteiger partial charge in [0.15, 0.2) is 16.7 Å². The van der Waals surface area contributed by atoms with Crippen molar-refractivity contribution in [1.82, 2.24) is 15.3 Å². The standard InChI is InChI=1S/C24H33F2N5O4S/c1-28-7-5-16(14-28)11-21(32)31-10-9-29(8-6-27-31)23-19(25)12-17(13-20(23)26)30-15-18(35-24(30)33)3-4-22(36)34-2/h12-13,16,18,27H,3-11,14-15H2,1-2H3/t16-,18-/m0/s1.